The van der Waals surface area contributed by atoms with Crippen LogP contribution in [0.15, 0.2) is 24.3 Å². The molecule has 0 bridgehead atoms. The number of benzene rings is 1. The molecule has 3 rings (SSSR count). The number of hydrogen-bond acceptors (Lipinski definition) is 6. The van der Waals surface area contributed by atoms with Gasteiger partial charge in [0.15, 0.2) is 11.5 Å². The van der Waals surface area contributed by atoms with Gasteiger partial charge in [0.25, 0.3) is 0 Å². The minimum atomic E-state index is -0.370. The van der Waals surface area contributed by atoms with E-state index in [0.717, 1.165) is 36.8 Å². The Labute approximate surface area is 212 Å². The normalized spacial score (nSPS) is 15.5. The lowest BCUT2D eigenvalue weighted by Crippen LogP contribution is -2.26. The van der Waals surface area contributed by atoms with Crippen LogP contribution < -0.4 is 14.8 Å². The maximum absolute atomic E-state index is 12.8. The maximum atomic E-state index is 12.8. The zero-order valence-electron chi connectivity index (χ0n) is 21.7. The van der Waals surface area contributed by atoms with Crippen molar-refractivity contribution in [3.05, 3.63) is 45.8 Å². The van der Waals surface area contributed by atoms with Crippen LogP contribution >= 0.6 is 11.3 Å². The first-order valence-corrected chi connectivity index (χ1v) is 13.1. The van der Waals surface area contributed by atoms with Crippen molar-refractivity contribution < 1.29 is 23.8 Å². The molecule has 1 heterocycles. The molecule has 0 saturated heterocycles. The van der Waals surface area contributed by atoms with Crippen molar-refractivity contribution in [1.82, 2.24) is 0 Å². The second-order valence-corrected chi connectivity index (χ2v) is 10.9. The number of amides is 1. The number of rotatable bonds is 9. The molecule has 1 unspecified atom stereocenters. The van der Waals surface area contributed by atoms with Crippen molar-refractivity contribution in [2.45, 2.75) is 60.3 Å². The predicted molar refractivity (Wildman–Crippen MR) is 142 cm³/mol. The fourth-order valence-electron chi connectivity index (χ4n) is 4.28. The van der Waals surface area contributed by atoms with Gasteiger partial charge < -0.3 is 19.5 Å². The second kappa shape index (κ2) is 11.8. The summed E-state index contributed by atoms with van der Waals surface area (Å²) in [5, 5.41) is 3.50. The molecule has 0 spiro atoms. The minimum absolute atomic E-state index is 0.191. The zero-order chi connectivity index (χ0) is 25.6. The highest BCUT2D eigenvalue weighted by Gasteiger charge is 2.34. The number of anilines is 1. The van der Waals surface area contributed by atoms with Gasteiger partial charge >= 0.3 is 5.97 Å². The summed E-state index contributed by atoms with van der Waals surface area (Å²) in [6.45, 7) is 11.5. The molecule has 0 fully saturated rings. The molecule has 1 N–H and O–H groups in total. The van der Waals surface area contributed by atoms with E-state index in [1.807, 2.05) is 25.1 Å². The summed E-state index contributed by atoms with van der Waals surface area (Å²) in [7, 11) is 1.59. The number of nitrogens with one attached hydrogen (secondary N) is 1. The average molecular weight is 500 g/mol. The minimum Gasteiger partial charge on any atom is -0.493 e. The van der Waals surface area contributed by atoms with Crippen LogP contribution in [0.5, 0.6) is 11.5 Å². The predicted octanol–water partition coefficient (Wildman–Crippen LogP) is 6.53. The van der Waals surface area contributed by atoms with Gasteiger partial charge in [-0.3, -0.25) is 4.79 Å². The van der Waals surface area contributed by atoms with E-state index < -0.39 is 0 Å². The zero-order valence-corrected chi connectivity index (χ0v) is 22.5. The Balaban J connectivity index is 1.80. The molecule has 7 heteroatoms. The van der Waals surface area contributed by atoms with Crippen LogP contribution in [0.3, 0.4) is 0 Å². The van der Waals surface area contributed by atoms with E-state index >= 15 is 0 Å². The Morgan fingerprint density at radius 3 is 2.63 bits per heavy atom. The van der Waals surface area contributed by atoms with Crippen molar-refractivity contribution in [2.75, 3.05) is 25.6 Å². The number of thiophene rings is 1. The van der Waals surface area contributed by atoms with Gasteiger partial charge in [-0.2, -0.15) is 0 Å². The third kappa shape index (κ3) is 6.66. The number of fused-ring (bicyclic) bond motifs is 1. The number of esters is 1. The van der Waals surface area contributed by atoms with Crippen LogP contribution in [0.1, 0.15) is 73.8 Å². The van der Waals surface area contributed by atoms with Gasteiger partial charge in [0.1, 0.15) is 5.00 Å². The standard InChI is InChI=1S/C28H37NO5S/c1-7-15-34-21-13-9-18(16-22(21)32-6)10-14-24(30)29-26-25(27(31)33-8-2)20-12-11-19(28(3,4)5)17-23(20)35-26/h9-10,13-14,16,19H,7-8,11-12,15,17H2,1-6H3,(H,29,30). The highest BCUT2D eigenvalue weighted by molar-refractivity contribution is 7.17. The van der Waals surface area contributed by atoms with E-state index in [4.69, 9.17) is 14.2 Å². The van der Waals surface area contributed by atoms with Crippen molar-refractivity contribution in [3.8, 4) is 11.5 Å². The molecule has 1 amide bonds. The van der Waals surface area contributed by atoms with E-state index in [1.54, 1.807) is 20.1 Å². The van der Waals surface area contributed by atoms with Gasteiger partial charge in [0.2, 0.25) is 5.91 Å². The molecular formula is C28H37NO5S. The number of ether oxygens (including phenoxy) is 3. The van der Waals surface area contributed by atoms with Gasteiger partial charge in [0.05, 0.1) is 25.9 Å². The van der Waals surface area contributed by atoms with Crippen molar-refractivity contribution >= 4 is 34.3 Å². The highest BCUT2D eigenvalue weighted by atomic mass is 32.1. The summed E-state index contributed by atoms with van der Waals surface area (Å²) in [4.78, 5) is 26.8. The summed E-state index contributed by atoms with van der Waals surface area (Å²) in [6, 6.07) is 5.54. The molecule has 1 aromatic heterocycles. The Kier molecular flexibility index (Phi) is 9.00. The third-order valence-electron chi connectivity index (χ3n) is 6.28. The van der Waals surface area contributed by atoms with E-state index in [1.165, 1.54) is 22.3 Å². The first kappa shape index (κ1) is 26.8. The van der Waals surface area contributed by atoms with Gasteiger partial charge in [-0.15, -0.1) is 11.3 Å². The van der Waals surface area contributed by atoms with E-state index in [-0.39, 0.29) is 17.3 Å². The summed E-state index contributed by atoms with van der Waals surface area (Å²) in [6.07, 6.45) is 6.84. The third-order valence-corrected chi connectivity index (χ3v) is 7.45. The number of methoxy groups -OCH3 is 1. The van der Waals surface area contributed by atoms with Crippen LogP contribution in [0, 0.1) is 11.3 Å². The molecule has 6 nitrogen and oxygen atoms in total. The molecule has 0 radical (unpaired) electrons. The smallest absolute Gasteiger partial charge is 0.341 e. The fraction of sp³-hybridized carbons (Fsp3) is 0.500. The molecule has 1 aliphatic rings. The van der Waals surface area contributed by atoms with E-state index in [0.29, 0.717) is 41.2 Å². The maximum Gasteiger partial charge on any atom is 0.341 e. The largest absolute Gasteiger partial charge is 0.493 e. The van der Waals surface area contributed by atoms with Gasteiger partial charge in [-0.25, -0.2) is 4.79 Å². The number of carbonyl (C=O) groups excluding carboxylic acids is 2. The highest BCUT2D eigenvalue weighted by Crippen LogP contribution is 2.44. The van der Waals surface area contributed by atoms with Gasteiger partial charge in [-0.05, 0) is 73.3 Å². The lowest BCUT2D eigenvalue weighted by molar-refractivity contribution is -0.111. The van der Waals surface area contributed by atoms with Crippen LogP contribution in [0.4, 0.5) is 5.00 Å². The molecule has 1 atom stereocenters. The van der Waals surface area contributed by atoms with Crippen LogP contribution in [-0.2, 0) is 22.4 Å². The Morgan fingerprint density at radius 1 is 1.20 bits per heavy atom. The van der Waals surface area contributed by atoms with Gasteiger partial charge in [0, 0.05) is 11.0 Å². The lowest BCUT2D eigenvalue weighted by Gasteiger charge is -2.33. The number of carbonyl (C=O) groups is 2. The summed E-state index contributed by atoms with van der Waals surface area (Å²) in [5.74, 6) is 1.15. The molecule has 0 saturated carbocycles. The molecule has 190 valence electrons. The molecule has 2 aromatic rings. The first-order valence-electron chi connectivity index (χ1n) is 12.3. The number of hydrogen-bond donors (Lipinski definition) is 1. The van der Waals surface area contributed by atoms with E-state index in [2.05, 4.69) is 26.1 Å². The SMILES string of the molecule is CCCOc1ccc(C=CC(=O)Nc2sc3c(c2C(=O)OCC)CCC(C(C)(C)C)C3)cc1OC. The lowest BCUT2D eigenvalue weighted by atomic mass is 9.72. The molecule has 1 aliphatic carbocycles. The Bertz CT molecular complexity index is 1080. The summed E-state index contributed by atoms with van der Waals surface area (Å²) < 4.78 is 16.4. The van der Waals surface area contributed by atoms with Crippen molar-refractivity contribution in [1.29, 1.82) is 0 Å². The van der Waals surface area contributed by atoms with Crippen molar-refractivity contribution in [2.24, 2.45) is 11.3 Å². The average Bonchev–Trinajstić information content (AvgIpc) is 3.18. The molecular weight excluding hydrogens is 462 g/mol. The molecule has 1 aromatic carbocycles. The van der Waals surface area contributed by atoms with Crippen LogP contribution in [-0.4, -0.2) is 32.2 Å². The Hall–Kier alpha value is -2.80. The second-order valence-electron chi connectivity index (χ2n) is 9.82. The summed E-state index contributed by atoms with van der Waals surface area (Å²) in [5.41, 5.74) is 2.54. The summed E-state index contributed by atoms with van der Waals surface area (Å²) >= 11 is 1.50. The molecule has 35 heavy (non-hydrogen) atoms. The van der Waals surface area contributed by atoms with Crippen LogP contribution in [0.25, 0.3) is 6.08 Å². The fourth-order valence-corrected chi connectivity index (χ4v) is 5.60. The molecule has 0 aliphatic heterocycles. The first-order chi connectivity index (χ1) is 16.7. The monoisotopic (exact) mass is 499 g/mol. The Morgan fingerprint density at radius 2 is 1.97 bits per heavy atom. The van der Waals surface area contributed by atoms with E-state index in [9.17, 15) is 9.59 Å². The van der Waals surface area contributed by atoms with Crippen LogP contribution in [0.2, 0.25) is 0 Å². The quantitative estimate of drug-likeness (QED) is 0.314. The van der Waals surface area contributed by atoms with Gasteiger partial charge in [-0.1, -0.05) is 33.8 Å². The van der Waals surface area contributed by atoms with Crippen molar-refractivity contribution in [3.63, 3.8) is 0 Å². The topological polar surface area (TPSA) is 73.9 Å².